The number of pyridine rings is 2. The third-order valence-corrected chi connectivity index (χ3v) is 3.28. The van der Waals surface area contributed by atoms with E-state index in [1.807, 2.05) is 26.5 Å². The Morgan fingerprint density at radius 3 is 2.10 bits per heavy atom. The van der Waals surface area contributed by atoms with Gasteiger partial charge in [-0.25, -0.2) is 14.1 Å². The van der Waals surface area contributed by atoms with Crippen LogP contribution in [-0.4, -0.2) is 20.2 Å². The predicted octanol–water partition coefficient (Wildman–Crippen LogP) is 0.804. The Morgan fingerprint density at radius 1 is 0.952 bits per heavy atom. The van der Waals surface area contributed by atoms with E-state index in [9.17, 15) is 10.2 Å². The first-order valence-electron chi connectivity index (χ1n) is 6.47. The summed E-state index contributed by atoms with van der Waals surface area (Å²) in [5.41, 5.74) is 1.96. The highest BCUT2D eigenvalue weighted by Gasteiger charge is 2.15. The Kier molecular flexibility index (Phi) is 3.06. The average molecular weight is 284 g/mol. The number of rotatable bonds is 2. The van der Waals surface area contributed by atoms with Crippen molar-refractivity contribution < 1.29 is 19.3 Å². The first-order chi connectivity index (χ1) is 10.0. The number of hydrogen-bond donors (Lipinski definition) is 3. The molecule has 0 amide bonds. The van der Waals surface area contributed by atoms with Gasteiger partial charge < -0.3 is 15.2 Å². The Hall–Kier alpha value is -2.89. The number of hydrogen-bond acceptors (Lipinski definition) is 3. The summed E-state index contributed by atoms with van der Waals surface area (Å²) in [6.45, 7) is 0. The summed E-state index contributed by atoms with van der Waals surface area (Å²) in [5, 5.41) is 20.0. The number of aromatic hydroxyl groups is 2. The van der Waals surface area contributed by atoms with Crippen LogP contribution in [0.3, 0.4) is 0 Å². The molecule has 21 heavy (non-hydrogen) atoms. The number of H-pyrrole nitrogens is 1. The lowest BCUT2D eigenvalue weighted by Crippen LogP contribution is -2.26. The second-order valence-corrected chi connectivity index (χ2v) is 4.96. The smallest absolute Gasteiger partial charge is 0.211 e. The third-order valence-electron chi connectivity index (χ3n) is 3.28. The van der Waals surface area contributed by atoms with Gasteiger partial charge in [-0.15, -0.1) is 0 Å². The van der Waals surface area contributed by atoms with Crippen LogP contribution in [0.4, 0.5) is 0 Å². The SMILES string of the molecule is C[n+]1ccc(-c2cnc(-c3cc[n+](C)cc3O)[nH]2)c(O)c1. The topological polar surface area (TPSA) is 76.9 Å². The van der Waals surface area contributed by atoms with Crippen molar-refractivity contribution in [3.05, 3.63) is 43.1 Å². The summed E-state index contributed by atoms with van der Waals surface area (Å²) >= 11 is 0. The molecule has 0 aliphatic carbocycles. The fraction of sp³-hybridized carbons (Fsp3) is 0.133. The molecular weight excluding hydrogens is 268 g/mol. The molecule has 6 nitrogen and oxygen atoms in total. The van der Waals surface area contributed by atoms with Gasteiger partial charge in [0.15, 0.2) is 23.9 Å². The maximum absolute atomic E-state index is 9.99. The highest BCUT2D eigenvalue weighted by molar-refractivity contribution is 5.69. The van der Waals surface area contributed by atoms with E-state index in [1.54, 1.807) is 39.9 Å². The molecule has 0 saturated carbocycles. The molecule has 0 bridgehead atoms. The Labute approximate surface area is 121 Å². The van der Waals surface area contributed by atoms with E-state index in [0.29, 0.717) is 22.6 Å². The first-order valence-corrected chi connectivity index (χ1v) is 6.47. The quantitative estimate of drug-likeness (QED) is 0.609. The minimum atomic E-state index is 0.143. The molecule has 0 fully saturated rings. The van der Waals surface area contributed by atoms with E-state index in [2.05, 4.69) is 9.97 Å². The number of imidazole rings is 1. The molecule has 106 valence electrons. The molecule has 0 atom stereocenters. The minimum absolute atomic E-state index is 0.143. The van der Waals surface area contributed by atoms with Crippen molar-refractivity contribution in [2.75, 3.05) is 0 Å². The van der Waals surface area contributed by atoms with Gasteiger partial charge in [0.1, 0.15) is 19.9 Å². The molecule has 0 spiro atoms. The monoisotopic (exact) mass is 284 g/mol. The highest BCUT2D eigenvalue weighted by Crippen LogP contribution is 2.30. The standard InChI is InChI=1S/C15H14N4O2/c1-18-5-3-10(13(20)8-18)12-7-16-15(17-12)11-4-6-19(2)9-14(11)21/h3-9H,1-2H3,(H-,17,20,21)/p+2. The number of nitrogens with one attached hydrogen (secondary N) is 1. The molecule has 0 aliphatic rings. The van der Waals surface area contributed by atoms with Crippen LogP contribution in [-0.2, 0) is 14.1 Å². The summed E-state index contributed by atoms with van der Waals surface area (Å²) in [7, 11) is 3.67. The highest BCUT2D eigenvalue weighted by atomic mass is 16.3. The largest absolute Gasteiger partial charge is 0.502 e. The summed E-state index contributed by atoms with van der Waals surface area (Å²) in [6.07, 6.45) is 8.54. The Bertz CT molecular complexity index is 745. The third kappa shape index (κ3) is 2.43. The van der Waals surface area contributed by atoms with E-state index in [1.165, 1.54) is 0 Å². The van der Waals surface area contributed by atoms with Gasteiger partial charge in [-0.05, 0) is 0 Å². The summed E-state index contributed by atoms with van der Waals surface area (Å²) in [4.78, 5) is 7.39. The van der Waals surface area contributed by atoms with E-state index in [0.717, 1.165) is 0 Å². The molecule has 0 saturated heterocycles. The molecule has 6 heteroatoms. The summed E-state index contributed by atoms with van der Waals surface area (Å²) < 4.78 is 3.52. The summed E-state index contributed by atoms with van der Waals surface area (Å²) in [5.74, 6) is 0.860. The molecule has 3 aromatic heterocycles. The zero-order valence-corrected chi connectivity index (χ0v) is 11.8. The van der Waals surface area contributed by atoms with Crippen molar-refractivity contribution in [2.45, 2.75) is 0 Å². The number of nitrogens with zero attached hydrogens (tertiary/aromatic N) is 3. The lowest BCUT2D eigenvalue weighted by Gasteiger charge is -2.00. The van der Waals surface area contributed by atoms with E-state index >= 15 is 0 Å². The van der Waals surface area contributed by atoms with Crippen molar-refractivity contribution in [3.8, 4) is 34.1 Å². The molecule has 3 aromatic rings. The van der Waals surface area contributed by atoms with Crippen molar-refractivity contribution in [2.24, 2.45) is 14.1 Å². The number of aromatic nitrogens is 4. The second-order valence-electron chi connectivity index (χ2n) is 4.96. The summed E-state index contributed by atoms with van der Waals surface area (Å²) in [6, 6.07) is 3.58. The van der Waals surface area contributed by atoms with Gasteiger partial charge in [-0.2, -0.15) is 0 Å². The van der Waals surface area contributed by atoms with Gasteiger partial charge >= 0.3 is 0 Å². The van der Waals surface area contributed by atoms with E-state index < -0.39 is 0 Å². The lowest BCUT2D eigenvalue weighted by atomic mass is 10.2. The molecule has 0 aliphatic heterocycles. The van der Waals surface area contributed by atoms with Crippen LogP contribution < -0.4 is 9.13 Å². The number of aryl methyl sites for hydroxylation is 2. The molecule has 0 radical (unpaired) electrons. The van der Waals surface area contributed by atoms with Gasteiger partial charge in [0.2, 0.25) is 12.4 Å². The van der Waals surface area contributed by atoms with Crippen LogP contribution in [0.2, 0.25) is 0 Å². The normalized spacial score (nSPS) is 10.8. The average Bonchev–Trinajstić information content (AvgIpc) is 2.87. The Morgan fingerprint density at radius 2 is 1.52 bits per heavy atom. The van der Waals surface area contributed by atoms with Gasteiger partial charge in [-0.3, -0.25) is 0 Å². The van der Waals surface area contributed by atoms with Crippen LogP contribution in [0.5, 0.6) is 11.5 Å². The molecule has 0 unspecified atom stereocenters. The van der Waals surface area contributed by atoms with Crippen LogP contribution >= 0.6 is 0 Å². The van der Waals surface area contributed by atoms with Crippen molar-refractivity contribution in [1.29, 1.82) is 0 Å². The fourth-order valence-corrected chi connectivity index (χ4v) is 2.19. The lowest BCUT2D eigenvalue weighted by molar-refractivity contribution is -0.671. The Balaban J connectivity index is 2.03. The van der Waals surface area contributed by atoms with Crippen LogP contribution in [0, 0.1) is 0 Å². The van der Waals surface area contributed by atoms with Gasteiger partial charge in [0.05, 0.1) is 23.0 Å². The zero-order valence-electron chi connectivity index (χ0n) is 11.8. The predicted molar refractivity (Wildman–Crippen MR) is 75.1 cm³/mol. The maximum atomic E-state index is 9.99. The maximum Gasteiger partial charge on any atom is 0.211 e. The van der Waals surface area contributed by atoms with Gasteiger partial charge in [0, 0.05) is 12.1 Å². The molecule has 0 aromatic carbocycles. The van der Waals surface area contributed by atoms with Crippen molar-refractivity contribution in [1.82, 2.24) is 9.97 Å². The van der Waals surface area contributed by atoms with Crippen LogP contribution in [0.25, 0.3) is 22.6 Å². The molecule has 3 heterocycles. The fourth-order valence-electron chi connectivity index (χ4n) is 2.19. The van der Waals surface area contributed by atoms with Crippen LogP contribution in [0.15, 0.2) is 43.1 Å². The molecule has 3 rings (SSSR count). The van der Waals surface area contributed by atoms with Crippen LogP contribution in [0.1, 0.15) is 0 Å². The molecular formula is C15H16N4O2+2. The number of aromatic amines is 1. The zero-order chi connectivity index (χ0) is 15.0. The first kappa shape index (κ1) is 13.1. The van der Waals surface area contributed by atoms with E-state index in [-0.39, 0.29) is 11.5 Å². The second kappa shape index (κ2) is 4.90. The van der Waals surface area contributed by atoms with Crippen molar-refractivity contribution >= 4 is 0 Å². The van der Waals surface area contributed by atoms with Gasteiger partial charge in [-0.1, -0.05) is 0 Å². The van der Waals surface area contributed by atoms with E-state index in [4.69, 9.17) is 0 Å². The molecule has 3 N–H and O–H groups in total. The van der Waals surface area contributed by atoms with Gasteiger partial charge in [0.25, 0.3) is 0 Å². The minimum Gasteiger partial charge on any atom is -0.502 e. The van der Waals surface area contributed by atoms with Crippen molar-refractivity contribution in [3.63, 3.8) is 0 Å².